The summed E-state index contributed by atoms with van der Waals surface area (Å²) >= 11 is 0. The van der Waals surface area contributed by atoms with E-state index in [1.54, 1.807) is 12.1 Å². The number of phenolic OH excluding ortho intramolecular Hbond substituents is 1. The molecule has 0 bridgehead atoms. The van der Waals surface area contributed by atoms with Gasteiger partial charge in [-0.25, -0.2) is 0 Å². The van der Waals surface area contributed by atoms with Crippen LogP contribution in [0.1, 0.15) is 12.0 Å². The summed E-state index contributed by atoms with van der Waals surface area (Å²) in [5.41, 5.74) is 1.79. The zero-order valence-electron chi connectivity index (χ0n) is 10.5. The molecular weight excluding hydrogens is 246 g/mol. The number of nitrogens with zero attached hydrogens (tertiary/aromatic N) is 1. The van der Waals surface area contributed by atoms with Crippen LogP contribution in [0.2, 0.25) is 0 Å². The first-order valence-electron chi connectivity index (χ1n) is 6.29. The van der Waals surface area contributed by atoms with Gasteiger partial charge in [0.05, 0.1) is 19.6 Å². The largest absolute Gasteiger partial charge is 0.508 e. The van der Waals surface area contributed by atoms with E-state index in [2.05, 4.69) is 4.90 Å². The summed E-state index contributed by atoms with van der Waals surface area (Å²) in [7, 11) is 0. The summed E-state index contributed by atoms with van der Waals surface area (Å²) in [5, 5.41) is 9.44. The van der Waals surface area contributed by atoms with Crippen molar-refractivity contribution in [3.8, 4) is 11.5 Å². The van der Waals surface area contributed by atoms with Crippen LogP contribution in [-0.4, -0.2) is 42.3 Å². The highest BCUT2D eigenvalue weighted by Gasteiger charge is 2.23. The molecule has 2 heterocycles. The maximum Gasteiger partial charge on any atom is 0.315 e. The van der Waals surface area contributed by atoms with Crippen LogP contribution in [0.15, 0.2) is 24.4 Å². The number of carbonyl (C=O) groups is 1. The number of hydrogen-bond acceptors (Lipinski definition) is 5. The van der Waals surface area contributed by atoms with E-state index < -0.39 is 0 Å². The molecule has 1 fully saturated rings. The van der Waals surface area contributed by atoms with Crippen molar-refractivity contribution < 1.29 is 19.4 Å². The Bertz CT molecular complexity index is 532. The molecule has 0 aromatic heterocycles. The lowest BCUT2D eigenvalue weighted by molar-refractivity contribution is -0.133. The van der Waals surface area contributed by atoms with Crippen molar-refractivity contribution in [3.63, 3.8) is 0 Å². The van der Waals surface area contributed by atoms with Gasteiger partial charge in [0.1, 0.15) is 11.5 Å². The minimum absolute atomic E-state index is 0.0965. The fraction of sp³-hybridized carbons (Fsp3) is 0.357. The fourth-order valence-electron chi connectivity index (χ4n) is 2.31. The van der Waals surface area contributed by atoms with Gasteiger partial charge in [0.25, 0.3) is 0 Å². The van der Waals surface area contributed by atoms with E-state index in [4.69, 9.17) is 9.47 Å². The number of hydrogen-bond donors (Lipinski definition) is 1. The number of esters is 1. The normalized spacial score (nSPS) is 21.2. The van der Waals surface area contributed by atoms with Crippen LogP contribution in [0.3, 0.4) is 0 Å². The first-order valence-corrected chi connectivity index (χ1v) is 6.29. The first-order chi connectivity index (χ1) is 9.22. The van der Waals surface area contributed by atoms with Gasteiger partial charge in [-0.2, -0.15) is 0 Å². The number of ether oxygens (including phenoxy) is 2. The molecule has 19 heavy (non-hydrogen) atoms. The third-order valence-corrected chi connectivity index (χ3v) is 3.25. The molecule has 2 aliphatic heterocycles. The number of carbonyl (C=O) groups excluding carboxylic acids is 1. The molecular formula is C14H15NO4. The summed E-state index contributed by atoms with van der Waals surface area (Å²) in [6, 6.07) is 4.86. The van der Waals surface area contributed by atoms with Crippen molar-refractivity contribution in [2.75, 3.05) is 26.3 Å². The lowest BCUT2D eigenvalue weighted by Gasteiger charge is -2.27. The van der Waals surface area contributed by atoms with Gasteiger partial charge in [-0.05, 0) is 17.7 Å². The summed E-state index contributed by atoms with van der Waals surface area (Å²) in [6.45, 7) is 3.06. The lowest BCUT2D eigenvalue weighted by Crippen LogP contribution is -2.32. The van der Waals surface area contributed by atoms with Crippen molar-refractivity contribution in [1.29, 1.82) is 0 Å². The van der Waals surface area contributed by atoms with Crippen LogP contribution in [0.25, 0.3) is 5.57 Å². The Hall–Kier alpha value is -2.01. The zero-order valence-corrected chi connectivity index (χ0v) is 10.5. The molecule has 0 radical (unpaired) electrons. The molecule has 0 saturated carbocycles. The van der Waals surface area contributed by atoms with E-state index in [0.717, 1.165) is 24.2 Å². The Morgan fingerprint density at radius 3 is 2.84 bits per heavy atom. The van der Waals surface area contributed by atoms with Gasteiger partial charge >= 0.3 is 5.97 Å². The number of benzene rings is 1. The van der Waals surface area contributed by atoms with Crippen LogP contribution < -0.4 is 4.74 Å². The van der Waals surface area contributed by atoms with Gasteiger partial charge in [0.15, 0.2) is 0 Å². The SMILES string of the molecule is O=C1CC(=CN2CCOCC2)c2ccc(O)cc2O1. The van der Waals surface area contributed by atoms with Crippen molar-refractivity contribution in [3.05, 3.63) is 30.0 Å². The van der Waals surface area contributed by atoms with Crippen molar-refractivity contribution in [1.82, 2.24) is 4.90 Å². The molecule has 1 N–H and O–H groups in total. The highest BCUT2D eigenvalue weighted by Crippen LogP contribution is 2.36. The third kappa shape index (κ3) is 2.56. The second-order valence-electron chi connectivity index (χ2n) is 4.63. The van der Waals surface area contributed by atoms with Crippen molar-refractivity contribution >= 4 is 11.5 Å². The Balaban J connectivity index is 1.93. The van der Waals surface area contributed by atoms with Gasteiger partial charge in [-0.3, -0.25) is 4.79 Å². The minimum atomic E-state index is -0.294. The number of phenols is 1. The lowest BCUT2D eigenvalue weighted by atomic mass is 10.00. The quantitative estimate of drug-likeness (QED) is 0.611. The average molecular weight is 261 g/mol. The predicted octanol–water partition coefficient (Wildman–Crippen LogP) is 1.37. The predicted molar refractivity (Wildman–Crippen MR) is 68.7 cm³/mol. The molecule has 1 aromatic carbocycles. The standard InChI is InChI=1S/C14H15NO4/c16-11-1-2-12-10(7-14(17)19-13(12)8-11)9-15-3-5-18-6-4-15/h1-2,8-9,16H,3-7H2. The second-order valence-corrected chi connectivity index (χ2v) is 4.63. The highest BCUT2D eigenvalue weighted by molar-refractivity contribution is 5.92. The van der Waals surface area contributed by atoms with E-state index >= 15 is 0 Å². The molecule has 3 rings (SSSR count). The van der Waals surface area contributed by atoms with Gasteiger partial charge in [-0.15, -0.1) is 0 Å². The monoisotopic (exact) mass is 261 g/mol. The Morgan fingerprint density at radius 1 is 1.26 bits per heavy atom. The fourth-order valence-corrected chi connectivity index (χ4v) is 2.31. The molecule has 0 amide bonds. The third-order valence-electron chi connectivity index (χ3n) is 3.25. The van der Waals surface area contributed by atoms with Gasteiger partial charge in [-0.1, -0.05) is 0 Å². The molecule has 100 valence electrons. The topological polar surface area (TPSA) is 59.0 Å². The van der Waals surface area contributed by atoms with Gasteiger partial charge in [0.2, 0.25) is 0 Å². The first kappa shape index (κ1) is 12.0. The number of fused-ring (bicyclic) bond motifs is 1. The van der Waals surface area contributed by atoms with Crippen LogP contribution in [-0.2, 0) is 9.53 Å². The van der Waals surface area contributed by atoms with Gasteiger partial charge in [0, 0.05) is 30.9 Å². The Kier molecular flexibility index (Phi) is 3.13. The van der Waals surface area contributed by atoms with E-state index in [1.807, 2.05) is 6.20 Å². The van der Waals surface area contributed by atoms with Crippen LogP contribution in [0.5, 0.6) is 11.5 Å². The second kappa shape index (κ2) is 4.93. The molecule has 0 aliphatic carbocycles. The molecule has 0 unspecified atom stereocenters. The molecule has 2 aliphatic rings. The average Bonchev–Trinajstić information content (AvgIpc) is 2.39. The van der Waals surface area contributed by atoms with Crippen molar-refractivity contribution in [2.45, 2.75) is 6.42 Å². The highest BCUT2D eigenvalue weighted by atomic mass is 16.5. The van der Waals surface area contributed by atoms with Crippen LogP contribution >= 0.6 is 0 Å². The van der Waals surface area contributed by atoms with Crippen LogP contribution in [0, 0.1) is 0 Å². The Labute approximate surface area is 111 Å². The van der Waals surface area contributed by atoms with E-state index in [9.17, 15) is 9.90 Å². The van der Waals surface area contributed by atoms with E-state index in [0.29, 0.717) is 19.0 Å². The molecule has 5 nitrogen and oxygen atoms in total. The van der Waals surface area contributed by atoms with Crippen molar-refractivity contribution in [2.24, 2.45) is 0 Å². The number of rotatable bonds is 1. The maximum absolute atomic E-state index is 11.6. The summed E-state index contributed by atoms with van der Waals surface area (Å²) in [4.78, 5) is 13.7. The summed E-state index contributed by atoms with van der Waals surface area (Å²) in [5.74, 6) is 0.229. The molecule has 1 aromatic rings. The summed E-state index contributed by atoms with van der Waals surface area (Å²) in [6.07, 6.45) is 2.26. The zero-order chi connectivity index (χ0) is 13.2. The Morgan fingerprint density at radius 2 is 2.05 bits per heavy atom. The minimum Gasteiger partial charge on any atom is -0.508 e. The van der Waals surface area contributed by atoms with E-state index in [-0.39, 0.29) is 18.1 Å². The molecule has 1 saturated heterocycles. The van der Waals surface area contributed by atoms with Gasteiger partial charge < -0.3 is 19.5 Å². The molecule has 0 spiro atoms. The summed E-state index contributed by atoms with van der Waals surface area (Å²) < 4.78 is 10.4. The number of aromatic hydroxyl groups is 1. The van der Waals surface area contributed by atoms with Crippen LogP contribution in [0.4, 0.5) is 0 Å². The number of morpholine rings is 1. The maximum atomic E-state index is 11.6. The smallest absolute Gasteiger partial charge is 0.315 e. The molecule has 0 atom stereocenters. The van der Waals surface area contributed by atoms with E-state index in [1.165, 1.54) is 6.07 Å². The molecule has 5 heteroatoms.